The topological polar surface area (TPSA) is 114 Å². The Hall–Kier alpha value is -7.10. The molecular formula is C75H95N7O2. The second-order valence-corrected chi connectivity index (χ2v) is 29.8. The molecule has 0 radical (unpaired) electrons. The summed E-state index contributed by atoms with van der Waals surface area (Å²) in [5.41, 5.74) is 10.6. The molecule has 84 heavy (non-hydrogen) atoms. The van der Waals surface area contributed by atoms with E-state index in [1.54, 1.807) is 12.4 Å². The number of nitriles is 1. The lowest BCUT2D eigenvalue weighted by molar-refractivity contribution is 0.147. The maximum Gasteiger partial charge on any atom is 0.218 e. The van der Waals surface area contributed by atoms with Crippen molar-refractivity contribution in [1.29, 1.82) is 5.26 Å². The summed E-state index contributed by atoms with van der Waals surface area (Å²) in [4.78, 5) is 28.0. The van der Waals surface area contributed by atoms with Crippen LogP contribution in [0.4, 0.5) is 0 Å². The third-order valence-electron chi connectivity index (χ3n) is 16.8. The Morgan fingerprint density at radius 3 is 1.51 bits per heavy atom. The van der Waals surface area contributed by atoms with Crippen molar-refractivity contribution in [1.82, 2.24) is 24.9 Å². The summed E-state index contributed by atoms with van der Waals surface area (Å²) in [5.74, 6) is 4.43. The molecule has 0 saturated heterocycles. The van der Waals surface area contributed by atoms with Crippen molar-refractivity contribution in [2.75, 3.05) is 13.2 Å². The highest BCUT2D eigenvalue weighted by atomic mass is 16.5. The number of aromatic nitrogens is 5. The van der Waals surface area contributed by atoms with Crippen molar-refractivity contribution in [3.05, 3.63) is 154 Å². The number of allylic oxidation sites excluding steroid dienone is 1. The van der Waals surface area contributed by atoms with E-state index in [0.29, 0.717) is 94.2 Å². The summed E-state index contributed by atoms with van der Waals surface area (Å²) < 4.78 is 13.9. The van der Waals surface area contributed by atoms with Crippen LogP contribution in [0.5, 0.6) is 11.5 Å². The number of para-hydroxylation sites is 4. The highest BCUT2D eigenvalue weighted by molar-refractivity contribution is 6.04. The molecule has 442 valence electrons. The summed E-state index contributed by atoms with van der Waals surface area (Å²) in [6.45, 7) is 47.9. The van der Waals surface area contributed by atoms with Gasteiger partial charge < -0.3 is 14.5 Å². The standard InChI is InChI=1S/C75H95N7O2/c1-48(39-72(5,6)7)32-34-54(50(3)41-74(11,12)13)46-83-56-26-22-24-52(36-56)58-38-59(70(77-17)66-45-79-62-29-19-21-31-64(62)81-66)68-67(58)71(60(43-76)65-44-78-61-28-18-20-30-63(61)80-65)82-69(68)53-25-23-27-57(37-53)84-47-55(51(4)42-75(14,15)16)35-33-49(2)40-73(8,9)10/h18-31,36-37,44-45,48-51,54-55,82H,32-35,38-42,46-47H2,1-16H3/b70-59-,71-60-. The van der Waals surface area contributed by atoms with Crippen LogP contribution in [0.1, 0.15) is 191 Å². The molecule has 9 nitrogen and oxygen atoms in total. The van der Waals surface area contributed by atoms with Gasteiger partial charge >= 0.3 is 0 Å². The Labute approximate surface area is 503 Å². The van der Waals surface area contributed by atoms with Crippen LogP contribution < -0.4 is 20.0 Å². The van der Waals surface area contributed by atoms with Crippen molar-refractivity contribution in [3.63, 3.8) is 0 Å². The fraction of sp³-hybridized carbons (Fsp3) is 0.493. The Morgan fingerprint density at radius 2 is 1.04 bits per heavy atom. The molecular weight excluding hydrogens is 1030 g/mol. The number of aromatic amines is 1. The van der Waals surface area contributed by atoms with Gasteiger partial charge in [0.05, 0.1) is 64.8 Å². The maximum atomic E-state index is 11.5. The quantitative estimate of drug-likeness (QED) is 0.0673. The molecule has 6 unspecified atom stereocenters. The van der Waals surface area contributed by atoms with E-state index in [-0.39, 0.29) is 21.7 Å². The molecule has 8 rings (SSSR count). The zero-order chi connectivity index (χ0) is 60.7. The van der Waals surface area contributed by atoms with Crippen LogP contribution in [-0.2, 0) is 0 Å². The van der Waals surface area contributed by atoms with Crippen molar-refractivity contribution in [2.24, 2.45) is 57.2 Å². The van der Waals surface area contributed by atoms with E-state index in [9.17, 15) is 5.26 Å². The van der Waals surface area contributed by atoms with Crippen LogP contribution in [0.2, 0.25) is 0 Å². The first kappa shape index (κ1) is 62.9. The van der Waals surface area contributed by atoms with E-state index < -0.39 is 0 Å². The molecule has 9 heteroatoms. The molecule has 3 heterocycles. The lowest BCUT2D eigenvalue weighted by Gasteiger charge is -2.31. The number of hydrogen-bond acceptors (Lipinski definition) is 7. The predicted molar refractivity (Wildman–Crippen MR) is 349 cm³/mol. The molecule has 0 saturated carbocycles. The Morgan fingerprint density at radius 1 is 0.583 bits per heavy atom. The molecule has 7 aromatic rings. The molecule has 4 aromatic carbocycles. The van der Waals surface area contributed by atoms with Crippen molar-refractivity contribution < 1.29 is 9.47 Å². The van der Waals surface area contributed by atoms with E-state index in [4.69, 9.17) is 36.0 Å². The first-order chi connectivity index (χ1) is 39.7. The van der Waals surface area contributed by atoms with Gasteiger partial charge in [0, 0.05) is 22.5 Å². The summed E-state index contributed by atoms with van der Waals surface area (Å²) in [6, 6.07) is 34.8. The lowest BCUT2D eigenvalue weighted by atomic mass is 9.76. The number of H-pyrrole nitrogens is 1. The largest absolute Gasteiger partial charge is 0.493 e. The zero-order valence-electron chi connectivity index (χ0n) is 53.6. The van der Waals surface area contributed by atoms with Crippen molar-refractivity contribution >= 4 is 44.5 Å². The van der Waals surface area contributed by atoms with E-state index in [2.05, 4.69) is 175 Å². The minimum Gasteiger partial charge on any atom is -0.493 e. The average Bonchev–Trinajstić information content (AvgIpc) is 1.66. The molecule has 0 bridgehead atoms. The van der Waals surface area contributed by atoms with Crippen LogP contribution in [0.3, 0.4) is 0 Å². The zero-order valence-corrected chi connectivity index (χ0v) is 53.6. The lowest BCUT2D eigenvalue weighted by Crippen LogP contribution is -2.28. The van der Waals surface area contributed by atoms with Gasteiger partial charge in [-0.1, -0.05) is 172 Å². The van der Waals surface area contributed by atoms with Gasteiger partial charge in [-0.2, -0.15) is 5.26 Å². The minimum atomic E-state index is 0.189. The van der Waals surface area contributed by atoms with Gasteiger partial charge in [0.15, 0.2) is 0 Å². The molecule has 3 aromatic heterocycles. The highest BCUT2D eigenvalue weighted by Gasteiger charge is 2.32. The normalized spacial score (nSPS) is 16.3. The van der Waals surface area contributed by atoms with E-state index in [1.165, 1.54) is 12.8 Å². The van der Waals surface area contributed by atoms with Crippen molar-refractivity contribution in [2.45, 2.75) is 169 Å². The first-order valence-corrected chi connectivity index (χ1v) is 31.1. The monoisotopic (exact) mass is 1130 g/mol. The average molecular weight is 1130 g/mol. The Kier molecular flexibility index (Phi) is 19.8. The third-order valence-corrected chi connectivity index (χ3v) is 16.8. The number of ether oxygens (including phenoxy) is 2. The van der Waals surface area contributed by atoms with Crippen LogP contribution in [0.15, 0.2) is 109 Å². The summed E-state index contributed by atoms with van der Waals surface area (Å²) in [7, 11) is 0. The van der Waals surface area contributed by atoms with Gasteiger partial charge in [0.1, 0.15) is 28.8 Å². The van der Waals surface area contributed by atoms with Gasteiger partial charge in [0.25, 0.3) is 0 Å². The number of nitrogens with one attached hydrogen (secondary N) is 1. The second kappa shape index (κ2) is 26.4. The van der Waals surface area contributed by atoms with Crippen LogP contribution in [0, 0.1) is 75.1 Å². The fourth-order valence-electron chi connectivity index (χ4n) is 13.5. The summed E-state index contributed by atoms with van der Waals surface area (Å²) in [6.07, 6.45) is 12.9. The number of hydrogen-bond donors (Lipinski definition) is 1. The smallest absolute Gasteiger partial charge is 0.218 e. The number of rotatable bonds is 22. The molecule has 0 aliphatic heterocycles. The van der Waals surface area contributed by atoms with Gasteiger partial charge in [-0.3, -0.25) is 15.0 Å². The number of benzene rings is 4. The van der Waals surface area contributed by atoms with Crippen molar-refractivity contribution in [3.8, 4) is 28.8 Å². The highest BCUT2D eigenvalue weighted by Crippen LogP contribution is 2.43. The molecule has 0 fully saturated rings. The fourth-order valence-corrected chi connectivity index (χ4v) is 13.5. The maximum absolute atomic E-state index is 11.5. The molecule has 1 aliphatic carbocycles. The van der Waals surface area contributed by atoms with Crippen LogP contribution in [-0.4, -0.2) is 38.1 Å². The van der Waals surface area contributed by atoms with Gasteiger partial charge in [-0.05, 0) is 167 Å². The van der Waals surface area contributed by atoms with E-state index in [0.717, 1.165) is 99.8 Å². The Bertz CT molecular complexity index is 3670. The summed E-state index contributed by atoms with van der Waals surface area (Å²) in [5, 5.41) is 12.9. The molecule has 6 atom stereocenters. The first-order valence-electron chi connectivity index (χ1n) is 31.1. The molecule has 1 N–H and O–H groups in total. The molecule has 0 spiro atoms. The summed E-state index contributed by atoms with van der Waals surface area (Å²) >= 11 is 0. The SMILES string of the molecule is [C-]#[N+]/C(=C1/CC(c2cccc(OCC(CCC(C)CC(C)(C)C)C(C)CC(C)(C)C)c2)=c2c1c(-c1cccc(OCC(CCC(C)CC(C)(C)C)C(C)CC(C)(C)C)c1)[nH]/c2=C(/C#N)c1cnc2ccccc2n1)c1cnc2ccccc2n1. The Balaban J connectivity index is 1.30. The molecule has 0 amide bonds. The van der Waals surface area contributed by atoms with Gasteiger partial charge in [-0.15, -0.1) is 0 Å². The number of nitrogens with zero attached hydrogens (tertiary/aromatic N) is 6. The van der Waals surface area contributed by atoms with E-state index in [1.807, 2.05) is 48.5 Å². The van der Waals surface area contributed by atoms with Crippen LogP contribution >= 0.6 is 0 Å². The van der Waals surface area contributed by atoms with Gasteiger partial charge in [-0.25, -0.2) is 9.83 Å². The van der Waals surface area contributed by atoms with Gasteiger partial charge in [0.2, 0.25) is 5.70 Å². The third kappa shape index (κ3) is 16.6. The minimum absolute atomic E-state index is 0.189. The second-order valence-electron chi connectivity index (χ2n) is 29.8. The molecule has 1 aliphatic rings. The predicted octanol–water partition coefficient (Wildman–Crippen LogP) is 18.5. The van der Waals surface area contributed by atoms with E-state index >= 15 is 0 Å². The number of fused-ring (bicyclic) bond motifs is 3. The van der Waals surface area contributed by atoms with Crippen LogP contribution in [0.25, 0.3) is 60.6 Å².